The number of piperidine rings is 1. The molecule has 2 aliphatic rings. The molecular formula is C23H25NO4. The minimum absolute atomic E-state index is 0.0666. The van der Waals surface area contributed by atoms with Gasteiger partial charge in [0.15, 0.2) is 5.78 Å². The average molecular weight is 379 g/mol. The maximum atomic E-state index is 12.6. The summed E-state index contributed by atoms with van der Waals surface area (Å²) in [6, 6.07) is 12.3. The number of carbonyl (C=O) groups is 1. The van der Waals surface area contributed by atoms with Crippen molar-refractivity contribution in [3.8, 4) is 17.2 Å². The fourth-order valence-electron chi connectivity index (χ4n) is 3.66. The van der Waals surface area contributed by atoms with Crippen molar-refractivity contribution in [2.45, 2.75) is 19.3 Å². The van der Waals surface area contributed by atoms with Gasteiger partial charge in [0.2, 0.25) is 0 Å². The van der Waals surface area contributed by atoms with E-state index in [2.05, 4.69) is 4.90 Å². The van der Waals surface area contributed by atoms with Gasteiger partial charge in [0.25, 0.3) is 0 Å². The van der Waals surface area contributed by atoms with Gasteiger partial charge >= 0.3 is 0 Å². The van der Waals surface area contributed by atoms with E-state index in [-0.39, 0.29) is 18.1 Å². The van der Waals surface area contributed by atoms with E-state index in [4.69, 9.17) is 9.47 Å². The highest BCUT2D eigenvalue weighted by atomic mass is 16.5. The zero-order valence-electron chi connectivity index (χ0n) is 15.9. The van der Waals surface area contributed by atoms with Crippen molar-refractivity contribution in [3.63, 3.8) is 0 Å². The number of ketones is 1. The Morgan fingerprint density at radius 2 is 1.86 bits per heavy atom. The third-order valence-corrected chi connectivity index (χ3v) is 5.23. The molecule has 1 fully saturated rings. The van der Waals surface area contributed by atoms with Crippen LogP contribution in [0, 0.1) is 0 Å². The second kappa shape index (κ2) is 8.48. The molecule has 2 heterocycles. The number of phenols is 1. The molecule has 0 aliphatic carbocycles. The Hall–Kier alpha value is -2.79. The second-order valence-corrected chi connectivity index (χ2v) is 7.29. The predicted molar refractivity (Wildman–Crippen MR) is 108 cm³/mol. The molecule has 28 heavy (non-hydrogen) atoms. The molecule has 0 amide bonds. The van der Waals surface area contributed by atoms with Gasteiger partial charge in [-0.15, -0.1) is 0 Å². The smallest absolute Gasteiger partial charge is 0.196 e. The lowest BCUT2D eigenvalue weighted by Crippen LogP contribution is -2.33. The number of nitrogens with zero attached hydrogens (tertiary/aromatic N) is 1. The molecule has 146 valence electrons. The zero-order chi connectivity index (χ0) is 19.3. The summed E-state index contributed by atoms with van der Waals surface area (Å²) in [7, 11) is 0. The van der Waals surface area contributed by atoms with Crippen molar-refractivity contribution in [1.29, 1.82) is 0 Å². The summed E-state index contributed by atoms with van der Waals surface area (Å²) in [4.78, 5) is 15.1. The molecule has 0 saturated carbocycles. The number of fused-ring (bicyclic) bond motifs is 1. The lowest BCUT2D eigenvalue weighted by atomic mass is 9.98. The summed E-state index contributed by atoms with van der Waals surface area (Å²) in [6.45, 7) is 4.20. The Bertz CT molecular complexity index is 867. The number of Topliss-reactive ketones (excluding diaryl/α,β-unsaturated/α-hetero) is 1. The van der Waals surface area contributed by atoms with E-state index in [1.807, 2.05) is 30.3 Å². The van der Waals surface area contributed by atoms with Crippen LogP contribution in [0.15, 0.2) is 48.0 Å². The number of aromatic hydroxyl groups is 1. The monoisotopic (exact) mass is 379 g/mol. The van der Waals surface area contributed by atoms with Gasteiger partial charge in [-0.1, -0.05) is 18.6 Å². The molecule has 0 atom stereocenters. The van der Waals surface area contributed by atoms with E-state index >= 15 is 0 Å². The van der Waals surface area contributed by atoms with Crippen LogP contribution in [0.25, 0.3) is 6.08 Å². The molecule has 2 aromatic carbocycles. The normalized spacial score (nSPS) is 18.6. The summed E-state index contributed by atoms with van der Waals surface area (Å²) < 4.78 is 11.5. The number of ether oxygens (including phenoxy) is 2. The van der Waals surface area contributed by atoms with Crippen molar-refractivity contribution in [1.82, 2.24) is 4.90 Å². The van der Waals surface area contributed by atoms with Crippen molar-refractivity contribution in [3.05, 3.63) is 59.2 Å². The summed E-state index contributed by atoms with van der Waals surface area (Å²) in [5.41, 5.74) is 2.00. The summed E-state index contributed by atoms with van der Waals surface area (Å²) in [6.07, 6.45) is 5.76. The standard InChI is InChI=1S/C23H25NO4/c25-19-6-9-21-22(15-19)28-16-18(23(21)26)14-17-4-7-20(8-5-17)27-13-12-24-10-2-1-3-11-24/h4-9,14-15,25H,1-3,10-13,16H2. The first-order valence-corrected chi connectivity index (χ1v) is 9.85. The Labute approximate surface area is 165 Å². The highest BCUT2D eigenvalue weighted by Crippen LogP contribution is 2.31. The predicted octanol–water partition coefficient (Wildman–Crippen LogP) is 3.92. The number of benzene rings is 2. The first-order valence-electron chi connectivity index (χ1n) is 9.85. The van der Waals surface area contributed by atoms with Crippen molar-refractivity contribution in [2.75, 3.05) is 32.8 Å². The highest BCUT2D eigenvalue weighted by Gasteiger charge is 2.23. The van der Waals surface area contributed by atoms with Crippen molar-refractivity contribution in [2.24, 2.45) is 0 Å². The van der Waals surface area contributed by atoms with Crippen molar-refractivity contribution < 1.29 is 19.4 Å². The first-order chi connectivity index (χ1) is 13.7. The third kappa shape index (κ3) is 4.37. The quantitative estimate of drug-likeness (QED) is 0.798. The largest absolute Gasteiger partial charge is 0.508 e. The van der Waals surface area contributed by atoms with Crippen LogP contribution in [0.1, 0.15) is 35.2 Å². The highest BCUT2D eigenvalue weighted by molar-refractivity contribution is 6.14. The summed E-state index contributed by atoms with van der Waals surface area (Å²) in [5.74, 6) is 1.30. The molecule has 0 radical (unpaired) electrons. The molecule has 2 aliphatic heterocycles. The number of likely N-dealkylation sites (tertiary alicyclic amines) is 1. The fraction of sp³-hybridized carbons (Fsp3) is 0.348. The van der Waals surface area contributed by atoms with Crippen LogP contribution in [-0.2, 0) is 0 Å². The Morgan fingerprint density at radius 1 is 1.07 bits per heavy atom. The lowest BCUT2D eigenvalue weighted by Gasteiger charge is -2.26. The molecule has 0 bridgehead atoms. The SMILES string of the molecule is O=C1C(=Cc2ccc(OCCN3CCCCC3)cc2)COc2cc(O)ccc21. The fourth-order valence-corrected chi connectivity index (χ4v) is 3.66. The van der Waals surface area contributed by atoms with E-state index in [0.717, 1.165) is 17.9 Å². The lowest BCUT2D eigenvalue weighted by molar-refractivity contribution is 0.100. The van der Waals surface area contributed by atoms with Gasteiger partial charge in [-0.3, -0.25) is 9.69 Å². The maximum Gasteiger partial charge on any atom is 0.196 e. The van der Waals surface area contributed by atoms with Crippen LogP contribution < -0.4 is 9.47 Å². The van der Waals surface area contributed by atoms with Crippen LogP contribution >= 0.6 is 0 Å². The van der Waals surface area contributed by atoms with Crippen LogP contribution in [0.4, 0.5) is 0 Å². The Balaban J connectivity index is 1.36. The van der Waals surface area contributed by atoms with E-state index in [9.17, 15) is 9.90 Å². The number of hydrogen-bond acceptors (Lipinski definition) is 5. The molecule has 2 aromatic rings. The number of carbonyl (C=O) groups excluding carboxylic acids is 1. The molecule has 0 aromatic heterocycles. The van der Waals surface area contributed by atoms with E-state index in [0.29, 0.717) is 23.5 Å². The Kier molecular flexibility index (Phi) is 5.63. The number of phenolic OH excluding ortho intramolecular Hbond substituents is 1. The van der Waals surface area contributed by atoms with Crippen LogP contribution in [-0.4, -0.2) is 48.6 Å². The van der Waals surface area contributed by atoms with Gasteiger partial charge in [-0.05, 0) is 61.8 Å². The minimum atomic E-state index is -0.0666. The van der Waals surface area contributed by atoms with Crippen LogP contribution in [0.5, 0.6) is 17.2 Å². The maximum absolute atomic E-state index is 12.6. The molecule has 1 N–H and O–H groups in total. The van der Waals surface area contributed by atoms with Crippen molar-refractivity contribution >= 4 is 11.9 Å². The molecule has 5 heteroatoms. The average Bonchev–Trinajstić information content (AvgIpc) is 2.72. The van der Waals surface area contributed by atoms with E-state index in [1.54, 1.807) is 6.07 Å². The molecule has 5 nitrogen and oxygen atoms in total. The molecule has 0 unspecified atom stereocenters. The minimum Gasteiger partial charge on any atom is -0.508 e. The van der Waals surface area contributed by atoms with Gasteiger partial charge in [0.1, 0.15) is 30.5 Å². The second-order valence-electron chi connectivity index (χ2n) is 7.29. The summed E-state index contributed by atoms with van der Waals surface area (Å²) in [5, 5.41) is 9.52. The summed E-state index contributed by atoms with van der Waals surface area (Å²) >= 11 is 0. The number of hydrogen-bond donors (Lipinski definition) is 1. The molecule has 1 saturated heterocycles. The zero-order valence-corrected chi connectivity index (χ0v) is 15.9. The van der Waals surface area contributed by atoms with Gasteiger partial charge in [-0.2, -0.15) is 0 Å². The van der Waals surface area contributed by atoms with E-state index < -0.39 is 0 Å². The van der Waals surface area contributed by atoms with E-state index in [1.165, 1.54) is 44.5 Å². The molecular weight excluding hydrogens is 354 g/mol. The third-order valence-electron chi connectivity index (χ3n) is 5.23. The molecule has 4 rings (SSSR count). The van der Waals surface area contributed by atoms with Gasteiger partial charge in [0, 0.05) is 18.2 Å². The van der Waals surface area contributed by atoms with Crippen LogP contribution in [0.2, 0.25) is 0 Å². The van der Waals surface area contributed by atoms with Gasteiger partial charge in [0.05, 0.1) is 5.56 Å². The van der Waals surface area contributed by atoms with Gasteiger partial charge in [-0.25, -0.2) is 0 Å². The molecule has 0 spiro atoms. The van der Waals surface area contributed by atoms with Crippen LogP contribution in [0.3, 0.4) is 0 Å². The topological polar surface area (TPSA) is 59.0 Å². The Morgan fingerprint density at radius 3 is 2.64 bits per heavy atom. The number of rotatable bonds is 5. The first kappa shape index (κ1) is 18.6. The van der Waals surface area contributed by atoms with Gasteiger partial charge < -0.3 is 14.6 Å².